The Morgan fingerprint density at radius 2 is 1.04 bits per heavy atom. The third-order valence-corrected chi connectivity index (χ3v) is 12.8. The number of nitrogens with zero attached hydrogens (tertiary/aromatic N) is 3. The highest BCUT2D eigenvalue weighted by atomic mass is 32.1. The van der Waals surface area contributed by atoms with Gasteiger partial charge in [-0.25, -0.2) is 4.98 Å². The number of nitriles is 1. The lowest BCUT2D eigenvalue weighted by atomic mass is 9.91. The van der Waals surface area contributed by atoms with Gasteiger partial charge in [0.1, 0.15) is 0 Å². The second kappa shape index (κ2) is 11.8. The predicted molar refractivity (Wildman–Crippen MR) is 237 cm³/mol. The Morgan fingerprint density at radius 1 is 0.446 bits per heavy atom. The molecule has 56 heavy (non-hydrogen) atoms. The second-order valence-electron chi connectivity index (χ2n) is 14.7. The van der Waals surface area contributed by atoms with Gasteiger partial charge in [0.25, 0.3) is 0 Å². The lowest BCUT2D eigenvalue weighted by molar-refractivity contribution is 1.25. The third-order valence-electron chi connectivity index (χ3n) is 11.6. The largest absolute Gasteiger partial charge is 0.291 e. The van der Waals surface area contributed by atoms with E-state index in [4.69, 9.17) is 4.98 Å². The van der Waals surface area contributed by atoms with Crippen molar-refractivity contribution in [2.75, 3.05) is 0 Å². The summed E-state index contributed by atoms with van der Waals surface area (Å²) in [4.78, 5) is 5.43. The zero-order valence-electron chi connectivity index (χ0n) is 30.0. The first-order valence-corrected chi connectivity index (χ1v) is 19.6. The molecule has 0 aliphatic carbocycles. The van der Waals surface area contributed by atoms with E-state index in [1.54, 1.807) is 0 Å². The maximum atomic E-state index is 9.34. The Kier molecular flexibility index (Phi) is 6.57. The molecule has 0 bridgehead atoms. The van der Waals surface area contributed by atoms with Crippen molar-refractivity contribution in [2.24, 2.45) is 0 Å². The van der Waals surface area contributed by atoms with Crippen LogP contribution in [0.1, 0.15) is 5.56 Å². The molecule has 0 saturated heterocycles. The van der Waals surface area contributed by atoms with Gasteiger partial charge in [-0.05, 0) is 113 Å². The zero-order chi connectivity index (χ0) is 36.9. The minimum atomic E-state index is 0.664. The molecule has 0 atom stereocenters. The molecule has 0 unspecified atom stereocenters. The van der Waals surface area contributed by atoms with Gasteiger partial charge in [0.05, 0.1) is 33.1 Å². The van der Waals surface area contributed by atoms with Crippen LogP contribution in [0.5, 0.6) is 0 Å². The first kappa shape index (κ1) is 31.1. The summed E-state index contributed by atoms with van der Waals surface area (Å²) in [6.45, 7) is 0. The number of hydrogen-bond donors (Lipinski definition) is 0. The molecule has 0 radical (unpaired) electrons. The highest BCUT2D eigenvalue weighted by Crippen LogP contribution is 2.44. The van der Waals surface area contributed by atoms with Crippen LogP contribution in [0.3, 0.4) is 0 Å². The molecule has 0 saturated carbocycles. The minimum Gasteiger partial charge on any atom is -0.291 e. The highest BCUT2D eigenvalue weighted by Gasteiger charge is 2.20. The normalized spacial score (nSPS) is 11.9. The topological polar surface area (TPSA) is 41.1 Å². The fourth-order valence-electron chi connectivity index (χ4n) is 8.83. The maximum Gasteiger partial charge on any atom is 0.156 e. The maximum absolute atomic E-state index is 9.34. The van der Waals surface area contributed by atoms with Crippen molar-refractivity contribution >= 4 is 91.3 Å². The van der Waals surface area contributed by atoms with Crippen LogP contribution < -0.4 is 0 Å². The monoisotopic (exact) mass is 727 g/mol. The van der Waals surface area contributed by atoms with E-state index in [0.29, 0.717) is 5.56 Å². The van der Waals surface area contributed by atoms with Gasteiger partial charge in [-0.3, -0.25) is 4.40 Å². The Bertz CT molecular complexity index is 3640. The van der Waals surface area contributed by atoms with E-state index in [9.17, 15) is 5.26 Å². The van der Waals surface area contributed by atoms with Gasteiger partial charge in [0.2, 0.25) is 0 Å². The van der Waals surface area contributed by atoms with E-state index in [2.05, 4.69) is 162 Å². The van der Waals surface area contributed by atoms with E-state index in [-0.39, 0.29) is 0 Å². The van der Waals surface area contributed by atoms with Gasteiger partial charge < -0.3 is 0 Å². The van der Waals surface area contributed by atoms with Crippen LogP contribution in [0, 0.1) is 11.3 Å². The number of rotatable bonds is 3. The van der Waals surface area contributed by atoms with Crippen LogP contribution in [-0.4, -0.2) is 9.38 Å². The Morgan fingerprint density at radius 3 is 1.71 bits per heavy atom. The molecule has 258 valence electrons. The zero-order valence-corrected chi connectivity index (χ0v) is 30.8. The summed E-state index contributed by atoms with van der Waals surface area (Å²) in [5, 5.41) is 21.6. The van der Waals surface area contributed by atoms with Gasteiger partial charge >= 0.3 is 0 Å². The first-order valence-electron chi connectivity index (χ1n) is 18.8. The quantitative estimate of drug-likeness (QED) is 0.170. The predicted octanol–water partition coefficient (Wildman–Crippen LogP) is 14.3. The van der Waals surface area contributed by atoms with E-state index in [0.717, 1.165) is 44.6 Å². The average molecular weight is 728 g/mol. The van der Waals surface area contributed by atoms with Crippen LogP contribution in [0.15, 0.2) is 176 Å². The van der Waals surface area contributed by atoms with E-state index >= 15 is 0 Å². The van der Waals surface area contributed by atoms with E-state index < -0.39 is 0 Å². The second-order valence-corrected chi connectivity index (χ2v) is 15.7. The van der Waals surface area contributed by atoms with Crippen LogP contribution in [-0.2, 0) is 0 Å². The van der Waals surface area contributed by atoms with Gasteiger partial charge in [-0.15, -0.1) is 11.3 Å². The third kappa shape index (κ3) is 4.59. The molecule has 3 nitrogen and oxygen atoms in total. The molecule has 0 spiro atoms. The Hall–Kier alpha value is -7.32. The van der Waals surface area contributed by atoms with Crippen LogP contribution >= 0.6 is 11.3 Å². The van der Waals surface area contributed by atoms with Gasteiger partial charge in [0.15, 0.2) is 5.65 Å². The van der Waals surface area contributed by atoms with Crippen molar-refractivity contribution in [3.63, 3.8) is 0 Å². The lowest BCUT2D eigenvalue weighted by Crippen LogP contribution is -1.93. The summed E-state index contributed by atoms with van der Waals surface area (Å²) in [6, 6.07) is 65.6. The number of aromatic nitrogens is 2. The molecule has 0 aliphatic heterocycles. The van der Waals surface area contributed by atoms with Crippen molar-refractivity contribution < 1.29 is 0 Å². The number of imidazole rings is 1. The van der Waals surface area contributed by atoms with Crippen molar-refractivity contribution in [3.05, 3.63) is 181 Å². The summed E-state index contributed by atoms with van der Waals surface area (Å²) < 4.78 is 4.89. The number of benzene rings is 9. The van der Waals surface area contributed by atoms with E-state index in [1.165, 1.54) is 68.8 Å². The van der Waals surface area contributed by atoms with Gasteiger partial charge in [-0.1, -0.05) is 133 Å². The number of fused-ring (bicyclic) bond motifs is 12. The Balaban J connectivity index is 1.08. The van der Waals surface area contributed by atoms with Gasteiger partial charge in [0, 0.05) is 15.5 Å². The molecule has 0 amide bonds. The van der Waals surface area contributed by atoms with Crippen molar-refractivity contribution in [3.8, 4) is 39.6 Å². The molecule has 0 aliphatic rings. The number of thiophene rings is 1. The summed E-state index contributed by atoms with van der Waals surface area (Å²) in [6.07, 6.45) is 0. The molecule has 3 heterocycles. The molecular weight excluding hydrogens is 699 g/mol. The SMILES string of the molecule is N#Cc1ccc(-c2ccc(-c3ccc(-c4cc5c6ccc7ccccc7c6sc5c5nc6cc7cc8ccccc8cc7cc6n45)cc3)c3ccccc23)cc1. The van der Waals surface area contributed by atoms with Crippen molar-refractivity contribution in [1.82, 2.24) is 9.38 Å². The molecule has 3 aromatic heterocycles. The fraction of sp³-hybridized carbons (Fsp3) is 0. The van der Waals surface area contributed by atoms with Crippen molar-refractivity contribution in [2.45, 2.75) is 0 Å². The molecule has 0 fully saturated rings. The smallest absolute Gasteiger partial charge is 0.156 e. The van der Waals surface area contributed by atoms with Crippen molar-refractivity contribution in [1.29, 1.82) is 5.26 Å². The molecule has 4 heteroatoms. The van der Waals surface area contributed by atoms with Crippen LogP contribution in [0.2, 0.25) is 0 Å². The Labute approximate surface area is 325 Å². The first-order chi connectivity index (χ1) is 27.7. The average Bonchev–Trinajstić information content (AvgIpc) is 3.83. The molecule has 0 N–H and O–H groups in total. The lowest BCUT2D eigenvalue weighted by Gasteiger charge is -2.13. The number of hydrogen-bond acceptors (Lipinski definition) is 3. The van der Waals surface area contributed by atoms with Crippen LogP contribution in [0.25, 0.3) is 113 Å². The summed E-state index contributed by atoms with van der Waals surface area (Å²) in [5.74, 6) is 0. The van der Waals surface area contributed by atoms with Gasteiger partial charge in [-0.2, -0.15) is 5.26 Å². The standard InChI is InChI=1S/C52H29N3S/c53-30-31-13-15-33(16-14-31)40-23-24-41(44-12-6-5-11-43(40)44)34-17-19-35(20-18-34)48-29-46-45-22-21-32-7-3-4-10-42(32)50(45)56-51(46)52-54-47-27-38-25-36-8-1-2-9-37(36)26-39(38)28-49(47)55(48)52/h1-29H. The summed E-state index contributed by atoms with van der Waals surface area (Å²) >= 11 is 1.85. The fourth-order valence-corrected chi connectivity index (χ4v) is 10.1. The van der Waals surface area contributed by atoms with E-state index in [1.807, 2.05) is 35.6 Å². The molecule has 9 aromatic carbocycles. The van der Waals surface area contributed by atoms with Crippen LogP contribution in [0.4, 0.5) is 0 Å². The minimum absolute atomic E-state index is 0.664. The molecular formula is C52H29N3S. The molecule has 12 rings (SSSR count). The number of pyridine rings is 1. The highest BCUT2D eigenvalue weighted by molar-refractivity contribution is 7.27. The summed E-state index contributed by atoms with van der Waals surface area (Å²) in [5.41, 5.74) is 10.6. The molecule has 12 aromatic rings. The summed E-state index contributed by atoms with van der Waals surface area (Å²) in [7, 11) is 0.